The highest BCUT2D eigenvalue weighted by Gasteiger charge is 2.31. The second kappa shape index (κ2) is 7.52. The highest BCUT2D eigenvalue weighted by atomic mass is 32.2. The van der Waals surface area contributed by atoms with Crippen LogP contribution in [-0.2, 0) is 10.0 Å². The maximum Gasteiger partial charge on any atom is 0.243 e. The molecule has 0 saturated carbocycles. The number of sulfonamides is 1. The molecule has 2 saturated heterocycles. The molecule has 2 aliphatic heterocycles. The molecule has 0 aromatic heterocycles. The topological polar surface area (TPSA) is 43.9 Å². The molecule has 3 rings (SSSR count). The number of likely N-dealkylation sites (N-methyl/N-ethyl adjacent to an activating group) is 1. The lowest BCUT2D eigenvalue weighted by molar-refractivity contribution is 0.0750. The molecule has 24 heavy (non-hydrogen) atoms. The van der Waals surface area contributed by atoms with Crippen LogP contribution in [0, 0.1) is 5.92 Å². The van der Waals surface area contributed by atoms with Crippen LogP contribution in [0.15, 0.2) is 35.2 Å². The molecular formula is C18H29N3O2S. The summed E-state index contributed by atoms with van der Waals surface area (Å²) in [5.74, 6) is 0.609. The number of nitrogens with zero attached hydrogens (tertiary/aromatic N) is 3. The zero-order valence-electron chi connectivity index (χ0n) is 14.8. The summed E-state index contributed by atoms with van der Waals surface area (Å²) in [7, 11) is -1.14. The molecule has 1 aromatic carbocycles. The largest absolute Gasteiger partial charge is 0.304 e. The van der Waals surface area contributed by atoms with Crippen LogP contribution >= 0.6 is 0 Å². The van der Waals surface area contributed by atoms with E-state index < -0.39 is 10.0 Å². The monoisotopic (exact) mass is 351 g/mol. The first-order valence-electron chi connectivity index (χ1n) is 8.94. The molecule has 0 bridgehead atoms. The third-order valence-corrected chi connectivity index (χ3v) is 7.33. The fraction of sp³-hybridized carbons (Fsp3) is 0.667. The van der Waals surface area contributed by atoms with Crippen LogP contribution in [0.5, 0.6) is 0 Å². The summed E-state index contributed by atoms with van der Waals surface area (Å²) in [6.45, 7) is 8.07. The van der Waals surface area contributed by atoms with Crippen LogP contribution in [0.3, 0.4) is 0 Å². The molecule has 0 radical (unpaired) electrons. The Kier molecular flexibility index (Phi) is 5.59. The minimum Gasteiger partial charge on any atom is -0.304 e. The van der Waals surface area contributed by atoms with Gasteiger partial charge in [0.05, 0.1) is 4.90 Å². The van der Waals surface area contributed by atoms with Crippen molar-refractivity contribution in [2.45, 2.75) is 30.7 Å². The van der Waals surface area contributed by atoms with Crippen molar-refractivity contribution in [1.82, 2.24) is 14.1 Å². The Morgan fingerprint density at radius 1 is 1.04 bits per heavy atom. The Morgan fingerprint density at radius 3 is 2.33 bits per heavy atom. The third kappa shape index (κ3) is 3.99. The van der Waals surface area contributed by atoms with Crippen LogP contribution in [0.25, 0.3) is 0 Å². The molecule has 0 aliphatic carbocycles. The summed E-state index contributed by atoms with van der Waals surface area (Å²) < 4.78 is 27.0. The van der Waals surface area contributed by atoms with Gasteiger partial charge in [-0.1, -0.05) is 18.2 Å². The Bertz CT molecular complexity index is 627. The number of piperazine rings is 1. The predicted molar refractivity (Wildman–Crippen MR) is 96.5 cm³/mol. The van der Waals surface area contributed by atoms with Gasteiger partial charge < -0.3 is 4.90 Å². The second-order valence-corrected chi connectivity index (χ2v) is 9.20. The standard InChI is InChI=1S/C18H29N3O2S/c1-16-14-19(2)12-13-20(16)15-17-8-10-21(11-9-17)24(22,23)18-6-4-3-5-7-18/h3-7,16-17H,8-15H2,1-2H3/t16-/m0/s1. The fourth-order valence-corrected chi connectivity index (χ4v) is 5.34. The quantitative estimate of drug-likeness (QED) is 0.829. The Balaban J connectivity index is 1.54. The normalized spacial score (nSPS) is 25.8. The first kappa shape index (κ1) is 17.9. The molecule has 0 unspecified atom stereocenters. The summed E-state index contributed by atoms with van der Waals surface area (Å²) in [6, 6.07) is 9.39. The lowest BCUT2D eigenvalue weighted by Crippen LogP contribution is -2.52. The number of rotatable bonds is 4. The van der Waals surface area contributed by atoms with E-state index in [1.807, 2.05) is 6.07 Å². The second-order valence-electron chi connectivity index (χ2n) is 7.27. The highest BCUT2D eigenvalue weighted by molar-refractivity contribution is 7.89. The minimum atomic E-state index is -3.32. The van der Waals surface area contributed by atoms with Crippen molar-refractivity contribution in [2.24, 2.45) is 5.92 Å². The predicted octanol–water partition coefficient (Wildman–Crippen LogP) is 1.72. The number of hydrogen-bond donors (Lipinski definition) is 0. The van der Waals surface area contributed by atoms with Crippen LogP contribution in [0.4, 0.5) is 0 Å². The van der Waals surface area contributed by atoms with E-state index in [0.29, 0.717) is 29.9 Å². The van der Waals surface area contributed by atoms with E-state index in [4.69, 9.17) is 0 Å². The lowest BCUT2D eigenvalue weighted by Gasteiger charge is -2.41. The number of benzene rings is 1. The first-order valence-corrected chi connectivity index (χ1v) is 10.4. The van der Waals surface area contributed by atoms with Crippen LogP contribution in [0.2, 0.25) is 0 Å². The van der Waals surface area contributed by atoms with Gasteiger partial charge in [0.1, 0.15) is 0 Å². The summed E-state index contributed by atoms with van der Waals surface area (Å²) >= 11 is 0. The smallest absolute Gasteiger partial charge is 0.243 e. The van der Waals surface area contributed by atoms with E-state index in [-0.39, 0.29) is 0 Å². The molecule has 0 amide bonds. The third-order valence-electron chi connectivity index (χ3n) is 5.42. The van der Waals surface area contributed by atoms with Gasteiger partial charge >= 0.3 is 0 Å². The zero-order chi connectivity index (χ0) is 17.2. The Hall–Kier alpha value is -0.950. The Labute approximate surface area is 146 Å². The van der Waals surface area contributed by atoms with Crippen molar-refractivity contribution in [2.75, 3.05) is 46.3 Å². The molecule has 2 heterocycles. The highest BCUT2D eigenvalue weighted by Crippen LogP contribution is 2.25. The van der Waals surface area contributed by atoms with Gasteiger partial charge in [-0.15, -0.1) is 0 Å². The zero-order valence-corrected chi connectivity index (χ0v) is 15.6. The van der Waals surface area contributed by atoms with E-state index >= 15 is 0 Å². The van der Waals surface area contributed by atoms with Crippen molar-refractivity contribution < 1.29 is 8.42 Å². The summed E-state index contributed by atoms with van der Waals surface area (Å²) in [5, 5.41) is 0. The average Bonchev–Trinajstić information content (AvgIpc) is 2.59. The van der Waals surface area contributed by atoms with Crippen molar-refractivity contribution in [3.8, 4) is 0 Å². The molecule has 5 nitrogen and oxygen atoms in total. The molecule has 0 spiro atoms. The van der Waals surface area contributed by atoms with Gasteiger partial charge in [0.2, 0.25) is 10.0 Å². The van der Waals surface area contributed by atoms with Gasteiger partial charge in [-0.2, -0.15) is 4.31 Å². The van der Waals surface area contributed by atoms with Crippen LogP contribution in [0.1, 0.15) is 19.8 Å². The molecule has 6 heteroatoms. The fourth-order valence-electron chi connectivity index (χ4n) is 3.85. The SMILES string of the molecule is C[C@H]1CN(C)CCN1CC1CCN(S(=O)(=O)c2ccccc2)CC1. The van der Waals surface area contributed by atoms with Gasteiger partial charge in [-0.05, 0) is 44.9 Å². The van der Waals surface area contributed by atoms with Gasteiger partial charge in [-0.3, -0.25) is 4.90 Å². The molecule has 134 valence electrons. The van der Waals surface area contributed by atoms with Crippen molar-refractivity contribution in [3.05, 3.63) is 30.3 Å². The van der Waals surface area contributed by atoms with Crippen LogP contribution < -0.4 is 0 Å². The van der Waals surface area contributed by atoms with Crippen molar-refractivity contribution in [3.63, 3.8) is 0 Å². The summed E-state index contributed by atoms with van der Waals surface area (Å²) in [4.78, 5) is 5.37. The van der Waals surface area contributed by atoms with E-state index in [1.165, 1.54) is 0 Å². The van der Waals surface area contributed by atoms with E-state index in [0.717, 1.165) is 39.0 Å². The number of piperidine rings is 1. The van der Waals surface area contributed by atoms with Crippen molar-refractivity contribution >= 4 is 10.0 Å². The molecule has 0 N–H and O–H groups in total. The summed E-state index contributed by atoms with van der Waals surface area (Å²) in [6.07, 6.45) is 1.93. The number of hydrogen-bond acceptors (Lipinski definition) is 4. The molecule has 2 aliphatic rings. The molecule has 2 fully saturated rings. The van der Waals surface area contributed by atoms with Gasteiger partial charge in [0, 0.05) is 45.3 Å². The molecule has 1 aromatic rings. The molecule has 1 atom stereocenters. The first-order chi connectivity index (χ1) is 11.5. The van der Waals surface area contributed by atoms with Crippen molar-refractivity contribution in [1.29, 1.82) is 0 Å². The van der Waals surface area contributed by atoms with E-state index in [9.17, 15) is 8.42 Å². The maximum absolute atomic E-state index is 12.7. The lowest BCUT2D eigenvalue weighted by atomic mass is 9.96. The van der Waals surface area contributed by atoms with Gasteiger partial charge in [-0.25, -0.2) is 8.42 Å². The van der Waals surface area contributed by atoms with Gasteiger partial charge in [0.25, 0.3) is 0 Å². The van der Waals surface area contributed by atoms with E-state index in [1.54, 1.807) is 28.6 Å². The van der Waals surface area contributed by atoms with E-state index in [2.05, 4.69) is 23.8 Å². The average molecular weight is 352 g/mol. The molecular weight excluding hydrogens is 322 g/mol. The maximum atomic E-state index is 12.7. The summed E-state index contributed by atoms with van der Waals surface area (Å²) in [5.41, 5.74) is 0. The van der Waals surface area contributed by atoms with Crippen LogP contribution in [-0.4, -0.2) is 74.9 Å². The Morgan fingerprint density at radius 2 is 1.71 bits per heavy atom. The van der Waals surface area contributed by atoms with Gasteiger partial charge in [0.15, 0.2) is 0 Å². The minimum absolute atomic E-state index is 0.413.